The second kappa shape index (κ2) is 12.7. The molecule has 0 saturated carbocycles. The quantitative estimate of drug-likeness (QED) is 0.403. The van der Waals surface area contributed by atoms with Gasteiger partial charge in [0.05, 0.1) is 12.0 Å². The molecule has 1 unspecified atom stereocenters. The lowest BCUT2D eigenvalue weighted by Gasteiger charge is -2.19. The smallest absolute Gasteiger partial charge is 0.480 e. The third-order valence-corrected chi connectivity index (χ3v) is 5.04. The molecule has 1 aliphatic heterocycles. The number of carbonyl (C=O) groups excluding carboxylic acids is 2. The van der Waals surface area contributed by atoms with Gasteiger partial charge in [-0.05, 0) is 35.2 Å². The summed E-state index contributed by atoms with van der Waals surface area (Å²) in [4.78, 5) is 43.0. The third kappa shape index (κ3) is 7.95. The van der Waals surface area contributed by atoms with Gasteiger partial charge in [-0.3, -0.25) is 9.59 Å². The van der Waals surface area contributed by atoms with Crippen LogP contribution >= 0.6 is 0 Å². The van der Waals surface area contributed by atoms with E-state index in [9.17, 15) is 32.7 Å². The molecule has 192 valence electrons. The van der Waals surface area contributed by atoms with E-state index in [-0.39, 0.29) is 11.7 Å². The minimum atomic E-state index is -5.08. The Bertz CT molecular complexity index is 1070. The standard InChI is InChI=1S/C17H18N2O3.C4H9NO.C2HF3O2/c1-2-11(18)16(20)14-13-10-6-4-3-5-9(10)7-8-12(13)19-15(14)17(21)22;1-2-3-4(5)6;3-2(4,5)1(6)7/h3-8,11,14-15,19H,2,18H2,1H3,(H,21,22);2-3H2,1H3,(H2,5,6);(H,6,7)/t11-,14?,15-;;/m0../s1. The van der Waals surface area contributed by atoms with Gasteiger partial charge in [-0.15, -0.1) is 0 Å². The largest absolute Gasteiger partial charge is 0.490 e. The molecule has 7 N–H and O–H groups in total. The van der Waals surface area contributed by atoms with Gasteiger partial charge >= 0.3 is 18.1 Å². The van der Waals surface area contributed by atoms with Crippen molar-refractivity contribution in [1.29, 1.82) is 0 Å². The molecular weight excluding hydrogens is 471 g/mol. The zero-order chi connectivity index (χ0) is 26.9. The first-order chi connectivity index (χ1) is 16.3. The predicted octanol–water partition coefficient (Wildman–Crippen LogP) is 3.01. The van der Waals surface area contributed by atoms with Crippen LogP contribution in [0.25, 0.3) is 10.8 Å². The summed E-state index contributed by atoms with van der Waals surface area (Å²) in [5, 5.41) is 21.4. The van der Waals surface area contributed by atoms with Crippen molar-refractivity contribution >= 4 is 40.1 Å². The molecule has 0 bridgehead atoms. The highest BCUT2D eigenvalue weighted by atomic mass is 19.4. The number of nitrogens with two attached hydrogens (primary N) is 2. The highest BCUT2D eigenvalue weighted by Crippen LogP contribution is 2.42. The summed E-state index contributed by atoms with van der Waals surface area (Å²) in [7, 11) is 0. The average Bonchev–Trinajstić information content (AvgIpc) is 3.18. The van der Waals surface area contributed by atoms with E-state index in [4.69, 9.17) is 21.4 Å². The van der Waals surface area contributed by atoms with E-state index in [0.29, 0.717) is 18.5 Å². The molecule has 9 nitrogen and oxygen atoms in total. The van der Waals surface area contributed by atoms with Gasteiger partial charge < -0.3 is 27.0 Å². The minimum absolute atomic E-state index is 0.211. The van der Waals surface area contributed by atoms with Crippen LogP contribution in [-0.4, -0.2) is 52.1 Å². The normalized spacial score (nSPS) is 17.0. The molecule has 1 amide bonds. The van der Waals surface area contributed by atoms with Crippen molar-refractivity contribution in [2.45, 2.75) is 57.3 Å². The van der Waals surface area contributed by atoms with Crippen LogP contribution in [0, 0.1) is 0 Å². The zero-order valence-corrected chi connectivity index (χ0v) is 19.1. The number of alkyl halides is 3. The average molecular weight is 499 g/mol. The Morgan fingerprint density at radius 1 is 1.06 bits per heavy atom. The number of fused-ring (bicyclic) bond motifs is 3. The van der Waals surface area contributed by atoms with Gasteiger partial charge in [0, 0.05) is 12.1 Å². The van der Waals surface area contributed by atoms with Crippen LogP contribution in [-0.2, 0) is 19.2 Å². The van der Waals surface area contributed by atoms with Crippen molar-refractivity contribution in [3.8, 4) is 0 Å². The molecule has 0 saturated heterocycles. The number of Topliss-reactive ketones (excluding diaryl/α,β-unsaturated/α-hetero) is 1. The summed E-state index contributed by atoms with van der Waals surface area (Å²) < 4.78 is 31.7. The van der Waals surface area contributed by atoms with Gasteiger partial charge in [-0.2, -0.15) is 13.2 Å². The number of nitrogens with one attached hydrogen (secondary N) is 1. The van der Waals surface area contributed by atoms with Gasteiger partial charge in [0.2, 0.25) is 5.91 Å². The van der Waals surface area contributed by atoms with Crippen LogP contribution < -0.4 is 16.8 Å². The molecule has 2 aromatic rings. The maximum Gasteiger partial charge on any atom is 0.490 e. The van der Waals surface area contributed by atoms with Gasteiger partial charge in [-0.25, -0.2) is 9.59 Å². The zero-order valence-electron chi connectivity index (χ0n) is 19.1. The van der Waals surface area contributed by atoms with Gasteiger partial charge in [0.1, 0.15) is 6.04 Å². The molecule has 1 heterocycles. The Morgan fingerprint density at radius 3 is 2.06 bits per heavy atom. The number of hydrogen-bond donors (Lipinski definition) is 5. The molecule has 0 radical (unpaired) electrons. The van der Waals surface area contributed by atoms with Crippen molar-refractivity contribution in [3.63, 3.8) is 0 Å². The van der Waals surface area contributed by atoms with Gasteiger partial charge in [0.15, 0.2) is 5.78 Å². The highest BCUT2D eigenvalue weighted by Gasteiger charge is 2.43. The molecule has 0 aromatic heterocycles. The fourth-order valence-electron chi connectivity index (χ4n) is 3.36. The second-order valence-corrected chi connectivity index (χ2v) is 7.62. The maximum atomic E-state index is 12.7. The second-order valence-electron chi connectivity index (χ2n) is 7.62. The Morgan fingerprint density at radius 2 is 1.63 bits per heavy atom. The van der Waals surface area contributed by atoms with Gasteiger partial charge in [0.25, 0.3) is 0 Å². The van der Waals surface area contributed by atoms with E-state index in [1.54, 1.807) is 0 Å². The van der Waals surface area contributed by atoms with E-state index in [1.165, 1.54) is 0 Å². The summed E-state index contributed by atoms with van der Waals surface area (Å²) >= 11 is 0. The number of amides is 1. The van der Waals surface area contributed by atoms with Crippen molar-refractivity contribution < 1.29 is 42.6 Å². The number of primary amides is 1. The van der Waals surface area contributed by atoms with Crippen molar-refractivity contribution in [2.75, 3.05) is 5.32 Å². The summed E-state index contributed by atoms with van der Waals surface area (Å²) in [5.74, 6) is -4.99. The van der Waals surface area contributed by atoms with Crippen molar-refractivity contribution in [3.05, 3.63) is 42.0 Å². The number of halogens is 3. The molecule has 3 atom stereocenters. The molecule has 0 aliphatic carbocycles. The van der Waals surface area contributed by atoms with Crippen LogP contribution in [0.4, 0.5) is 18.9 Å². The molecule has 12 heteroatoms. The number of carboxylic acids is 2. The minimum Gasteiger partial charge on any atom is -0.480 e. The lowest BCUT2D eigenvalue weighted by atomic mass is 9.84. The SMILES string of the molecule is CCCC(N)=O.CC[C@H](N)C(=O)C1c2c(ccc3ccccc23)N[C@@H]1C(=O)O.O=C(O)C(F)(F)F. The summed E-state index contributed by atoms with van der Waals surface area (Å²) in [5.41, 5.74) is 12.1. The molecule has 35 heavy (non-hydrogen) atoms. The monoisotopic (exact) mass is 499 g/mol. The summed E-state index contributed by atoms with van der Waals surface area (Å²) in [6, 6.07) is 9.80. The van der Waals surface area contributed by atoms with Gasteiger partial charge in [-0.1, -0.05) is 44.2 Å². The predicted molar refractivity (Wildman–Crippen MR) is 123 cm³/mol. The van der Waals surface area contributed by atoms with Crippen molar-refractivity contribution in [1.82, 2.24) is 0 Å². The lowest BCUT2D eigenvalue weighted by Crippen LogP contribution is -2.41. The first-order valence-corrected chi connectivity index (χ1v) is 10.6. The van der Waals surface area contributed by atoms with Crippen LogP contribution in [0.1, 0.15) is 44.6 Å². The van der Waals surface area contributed by atoms with Crippen LogP contribution in [0.5, 0.6) is 0 Å². The van der Waals surface area contributed by atoms with E-state index in [1.807, 2.05) is 50.2 Å². The van der Waals surface area contributed by atoms with E-state index < -0.39 is 36.1 Å². The van der Waals surface area contributed by atoms with E-state index in [0.717, 1.165) is 22.8 Å². The lowest BCUT2D eigenvalue weighted by molar-refractivity contribution is -0.192. The number of rotatable bonds is 6. The first kappa shape index (κ1) is 29.4. The van der Waals surface area contributed by atoms with Crippen LogP contribution in [0.2, 0.25) is 0 Å². The Hall–Kier alpha value is -3.67. The first-order valence-electron chi connectivity index (χ1n) is 10.6. The fraction of sp³-hybridized carbons (Fsp3) is 0.391. The molecule has 2 aromatic carbocycles. The molecule has 0 spiro atoms. The topological polar surface area (TPSA) is 173 Å². The molecule has 3 rings (SSSR count). The van der Waals surface area contributed by atoms with Crippen LogP contribution in [0.3, 0.4) is 0 Å². The Labute approximate surface area is 199 Å². The maximum absolute atomic E-state index is 12.7. The Kier molecular flexibility index (Phi) is 10.7. The summed E-state index contributed by atoms with van der Waals surface area (Å²) in [6.07, 6.45) is -3.23. The Balaban J connectivity index is 0.000000391. The van der Waals surface area contributed by atoms with E-state index >= 15 is 0 Å². The number of hydrogen-bond acceptors (Lipinski definition) is 6. The number of ketones is 1. The number of carbonyl (C=O) groups is 4. The highest BCUT2D eigenvalue weighted by molar-refractivity contribution is 6.05. The third-order valence-electron chi connectivity index (χ3n) is 5.04. The van der Waals surface area contributed by atoms with Crippen LogP contribution in [0.15, 0.2) is 36.4 Å². The number of aliphatic carboxylic acids is 2. The summed E-state index contributed by atoms with van der Waals surface area (Å²) in [6.45, 7) is 3.75. The van der Waals surface area contributed by atoms with Crippen molar-refractivity contribution in [2.24, 2.45) is 11.5 Å². The number of anilines is 1. The van der Waals surface area contributed by atoms with E-state index in [2.05, 4.69) is 5.32 Å². The fourth-order valence-corrected chi connectivity index (χ4v) is 3.36. The molecule has 1 aliphatic rings. The number of carboxylic acid groups (broad SMARTS) is 2. The molecule has 0 fully saturated rings. The molecular formula is C23H28F3N3O6. The number of benzene rings is 2.